The molecule has 2 N–H and O–H groups in total. The average Bonchev–Trinajstić information content (AvgIpc) is 3.01. The maximum atomic E-state index is 12.7. The molecule has 26 heavy (non-hydrogen) atoms. The van der Waals surface area contributed by atoms with E-state index >= 15 is 0 Å². The van der Waals surface area contributed by atoms with Gasteiger partial charge in [-0.1, -0.05) is 29.8 Å². The summed E-state index contributed by atoms with van der Waals surface area (Å²) < 4.78 is 5.17. The molecule has 1 aliphatic heterocycles. The number of hydrogen-bond acceptors (Lipinski definition) is 4. The molecule has 138 valence electrons. The first kappa shape index (κ1) is 17.3. The molecule has 1 aromatic carbocycles. The number of likely N-dealkylation sites (tertiary alicyclic amines) is 1. The fourth-order valence-corrected chi connectivity index (χ4v) is 4.93. The first-order valence-electron chi connectivity index (χ1n) is 9.25. The summed E-state index contributed by atoms with van der Waals surface area (Å²) in [6, 6.07) is 8.20. The van der Waals surface area contributed by atoms with E-state index in [9.17, 15) is 9.90 Å². The van der Waals surface area contributed by atoms with Crippen molar-refractivity contribution < 1.29 is 14.6 Å². The van der Waals surface area contributed by atoms with Gasteiger partial charge in [-0.25, -0.2) is 0 Å². The normalized spacial score (nSPS) is 30.7. The van der Waals surface area contributed by atoms with E-state index in [-0.39, 0.29) is 23.8 Å². The number of allylic oxidation sites excluding steroid dienone is 1. The third-order valence-corrected chi connectivity index (χ3v) is 6.24. The van der Waals surface area contributed by atoms with Crippen molar-refractivity contribution in [2.24, 2.45) is 11.8 Å². The van der Waals surface area contributed by atoms with Crippen molar-refractivity contribution in [1.29, 1.82) is 0 Å². The van der Waals surface area contributed by atoms with Gasteiger partial charge in [0.05, 0.1) is 19.1 Å². The van der Waals surface area contributed by atoms with Crippen molar-refractivity contribution in [3.8, 4) is 0 Å². The highest BCUT2D eigenvalue weighted by Gasteiger charge is 2.46. The van der Waals surface area contributed by atoms with Gasteiger partial charge in [-0.05, 0) is 44.4 Å². The first-order chi connectivity index (χ1) is 12.5. The lowest BCUT2D eigenvalue weighted by molar-refractivity contribution is -0.151. The number of likely N-dealkylation sites (N-methyl/N-ethyl adjacent to an activating group) is 1. The van der Waals surface area contributed by atoms with Crippen molar-refractivity contribution >= 4 is 16.9 Å². The Bertz CT molecular complexity index is 869. The minimum absolute atomic E-state index is 0.00297. The molecule has 0 unspecified atom stereocenters. The molecular weight excluding hydrogens is 328 g/mol. The van der Waals surface area contributed by atoms with E-state index in [2.05, 4.69) is 29.1 Å². The number of fused-ring (bicyclic) bond motifs is 5. The SMILES string of the molecule is C/C=C1\CN(C)[C@@H]2Cc3c([nH]c4ccccc34)[C@H](O)C[C@@H]1[C@@H]2C(=O)OC. The molecule has 2 aromatic rings. The number of carbonyl (C=O) groups is 1. The van der Waals surface area contributed by atoms with E-state index in [0.717, 1.165) is 35.1 Å². The molecule has 1 fully saturated rings. The summed E-state index contributed by atoms with van der Waals surface area (Å²) in [6.45, 7) is 2.83. The number of aliphatic hydroxyl groups excluding tert-OH is 1. The number of H-pyrrole nitrogens is 1. The first-order valence-corrected chi connectivity index (χ1v) is 9.25. The number of nitrogens with zero attached hydrogens (tertiary/aromatic N) is 1. The van der Waals surface area contributed by atoms with Crippen LogP contribution in [0, 0.1) is 11.8 Å². The Morgan fingerprint density at radius 2 is 2.15 bits per heavy atom. The van der Waals surface area contributed by atoms with Crippen LogP contribution in [0.2, 0.25) is 0 Å². The zero-order chi connectivity index (χ0) is 18.4. The lowest BCUT2D eigenvalue weighted by Crippen LogP contribution is -2.53. The average molecular weight is 354 g/mol. The Hall–Kier alpha value is -2.11. The van der Waals surface area contributed by atoms with E-state index < -0.39 is 6.10 Å². The second kappa shape index (κ2) is 6.56. The molecule has 2 aliphatic rings. The topological polar surface area (TPSA) is 65.6 Å². The van der Waals surface area contributed by atoms with Crippen molar-refractivity contribution in [2.45, 2.75) is 31.9 Å². The van der Waals surface area contributed by atoms with E-state index in [0.29, 0.717) is 6.42 Å². The summed E-state index contributed by atoms with van der Waals surface area (Å²) in [4.78, 5) is 18.4. The molecule has 2 bridgehead atoms. The maximum absolute atomic E-state index is 12.7. The molecule has 0 saturated carbocycles. The molecule has 1 aromatic heterocycles. The lowest BCUT2D eigenvalue weighted by atomic mass is 9.70. The second-order valence-corrected chi connectivity index (χ2v) is 7.52. The predicted molar refractivity (Wildman–Crippen MR) is 101 cm³/mol. The third kappa shape index (κ3) is 2.58. The number of aromatic amines is 1. The minimum atomic E-state index is -0.617. The lowest BCUT2D eigenvalue weighted by Gasteiger charge is -2.46. The Morgan fingerprint density at radius 1 is 1.38 bits per heavy atom. The van der Waals surface area contributed by atoms with Crippen LogP contribution in [0.4, 0.5) is 0 Å². The molecule has 4 atom stereocenters. The molecule has 4 rings (SSSR count). The highest BCUT2D eigenvalue weighted by Crippen LogP contribution is 2.44. The van der Waals surface area contributed by atoms with Crippen LogP contribution >= 0.6 is 0 Å². The number of carbonyl (C=O) groups excluding carboxylic acids is 1. The summed E-state index contributed by atoms with van der Waals surface area (Å²) in [7, 11) is 3.53. The van der Waals surface area contributed by atoms with E-state index in [1.807, 2.05) is 25.1 Å². The van der Waals surface area contributed by atoms with Gasteiger partial charge in [0.1, 0.15) is 0 Å². The van der Waals surface area contributed by atoms with Crippen LogP contribution in [0.3, 0.4) is 0 Å². The molecule has 0 radical (unpaired) electrons. The van der Waals surface area contributed by atoms with Gasteiger partial charge in [-0.2, -0.15) is 0 Å². The highest BCUT2D eigenvalue weighted by molar-refractivity contribution is 5.85. The van der Waals surface area contributed by atoms with Crippen molar-refractivity contribution in [2.75, 3.05) is 20.7 Å². The van der Waals surface area contributed by atoms with Crippen LogP contribution in [-0.4, -0.2) is 47.7 Å². The fraction of sp³-hybridized carbons (Fsp3) is 0.476. The van der Waals surface area contributed by atoms with Crippen LogP contribution in [0.5, 0.6) is 0 Å². The Labute approximate surface area is 153 Å². The number of nitrogens with one attached hydrogen (secondary N) is 1. The summed E-state index contributed by atoms with van der Waals surface area (Å²) in [6.07, 6.45) is 2.73. The van der Waals surface area contributed by atoms with Gasteiger partial charge in [0, 0.05) is 29.2 Å². The summed E-state index contributed by atoms with van der Waals surface area (Å²) in [5.74, 6) is -0.439. The molecule has 0 spiro atoms. The largest absolute Gasteiger partial charge is 0.469 e. The Morgan fingerprint density at radius 3 is 2.88 bits per heavy atom. The van der Waals surface area contributed by atoms with Crippen molar-refractivity contribution in [1.82, 2.24) is 9.88 Å². The number of ether oxygens (including phenoxy) is 1. The summed E-state index contributed by atoms with van der Waals surface area (Å²) >= 11 is 0. The van der Waals surface area contributed by atoms with E-state index in [1.165, 1.54) is 12.7 Å². The van der Waals surface area contributed by atoms with Gasteiger partial charge in [0.2, 0.25) is 0 Å². The fourth-order valence-electron chi connectivity index (χ4n) is 4.93. The predicted octanol–water partition coefficient (Wildman–Crippen LogP) is 2.81. The van der Waals surface area contributed by atoms with Crippen LogP contribution in [0.15, 0.2) is 35.9 Å². The molecule has 1 saturated heterocycles. The van der Waals surface area contributed by atoms with Crippen molar-refractivity contribution in [3.05, 3.63) is 47.2 Å². The van der Waals surface area contributed by atoms with Gasteiger partial charge in [0.15, 0.2) is 0 Å². The number of piperidine rings is 1. The number of benzene rings is 1. The standard InChI is InChI=1S/C21H26N2O3/c1-4-12-11-23(2)17-9-15-13-7-5-6-8-16(13)22-20(15)18(24)10-14(12)19(17)21(25)26-3/h4-8,14,17-19,22,24H,9-11H2,1-3H3/b12-4+/t14-,17+,18+,19-/m0/s1. The van der Waals surface area contributed by atoms with Crippen LogP contribution in [0.1, 0.15) is 30.7 Å². The quantitative estimate of drug-likeness (QED) is 0.610. The molecule has 0 amide bonds. The van der Waals surface area contributed by atoms with Crippen molar-refractivity contribution in [3.63, 3.8) is 0 Å². The Balaban J connectivity index is 1.89. The van der Waals surface area contributed by atoms with Gasteiger partial charge >= 0.3 is 5.97 Å². The number of para-hydroxylation sites is 1. The van der Waals surface area contributed by atoms with Gasteiger partial charge in [-0.3, -0.25) is 9.69 Å². The smallest absolute Gasteiger partial charge is 0.310 e. The molecule has 1 aliphatic carbocycles. The van der Waals surface area contributed by atoms with Crippen LogP contribution in [-0.2, 0) is 16.0 Å². The third-order valence-electron chi connectivity index (χ3n) is 6.24. The van der Waals surface area contributed by atoms with Crippen LogP contribution < -0.4 is 0 Å². The number of esters is 1. The number of aromatic nitrogens is 1. The second-order valence-electron chi connectivity index (χ2n) is 7.52. The van der Waals surface area contributed by atoms with E-state index in [1.54, 1.807) is 0 Å². The maximum Gasteiger partial charge on any atom is 0.310 e. The highest BCUT2D eigenvalue weighted by atomic mass is 16.5. The zero-order valence-electron chi connectivity index (χ0n) is 15.5. The zero-order valence-corrected chi connectivity index (χ0v) is 15.5. The molecule has 5 nitrogen and oxygen atoms in total. The number of aliphatic hydroxyl groups is 1. The van der Waals surface area contributed by atoms with Gasteiger partial charge in [0.25, 0.3) is 0 Å². The summed E-state index contributed by atoms with van der Waals surface area (Å²) in [5, 5.41) is 12.1. The van der Waals surface area contributed by atoms with Gasteiger partial charge < -0.3 is 14.8 Å². The molecule has 5 heteroatoms. The monoisotopic (exact) mass is 354 g/mol. The number of rotatable bonds is 1. The van der Waals surface area contributed by atoms with Crippen LogP contribution in [0.25, 0.3) is 10.9 Å². The minimum Gasteiger partial charge on any atom is -0.469 e. The summed E-state index contributed by atoms with van der Waals surface area (Å²) in [5.41, 5.74) is 4.27. The molecular formula is C21H26N2O3. The van der Waals surface area contributed by atoms with E-state index in [4.69, 9.17) is 4.74 Å². The number of hydrogen-bond donors (Lipinski definition) is 2. The Kier molecular flexibility index (Phi) is 4.37. The number of methoxy groups -OCH3 is 1. The molecule has 2 heterocycles. The van der Waals surface area contributed by atoms with Gasteiger partial charge in [-0.15, -0.1) is 0 Å².